The van der Waals surface area contributed by atoms with E-state index in [4.69, 9.17) is 23.7 Å². The molecule has 1 aliphatic heterocycles. The van der Waals surface area contributed by atoms with Gasteiger partial charge in [0.1, 0.15) is 30.2 Å². The van der Waals surface area contributed by atoms with Crippen LogP contribution in [0.2, 0.25) is 0 Å². The van der Waals surface area contributed by atoms with Crippen LogP contribution in [-0.2, 0) is 32.2 Å². The van der Waals surface area contributed by atoms with Gasteiger partial charge in [-0.1, -0.05) is 78.9 Å². The third-order valence-corrected chi connectivity index (χ3v) is 5.92. The lowest BCUT2D eigenvalue weighted by Gasteiger charge is -2.40. The zero-order chi connectivity index (χ0) is 24.5. The Morgan fingerprint density at radius 1 is 0.914 bits per heavy atom. The van der Waals surface area contributed by atoms with Gasteiger partial charge < -0.3 is 28.8 Å². The maximum Gasteiger partial charge on any atom is 0.184 e. The van der Waals surface area contributed by atoms with Crippen LogP contribution < -0.4 is 4.74 Å². The SMILES string of the molecule is C=C[C@@H](OCc1ccc(OC)cc1)[C@@H](OCc1ccccc1)[C@@H]1O[C@H](c2ccccc2)OC[C@H]1O. The molecule has 184 valence electrons. The monoisotopic (exact) mass is 476 g/mol. The number of ether oxygens (including phenoxy) is 5. The Morgan fingerprint density at radius 3 is 2.20 bits per heavy atom. The molecule has 0 amide bonds. The van der Waals surface area contributed by atoms with Gasteiger partial charge in [-0.25, -0.2) is 0 Å². The molecule has 6 heteroatoms. The van der Waals surface area contributed by atoms with Crippen molar-refractivity contribution in [3.05, 3.63) is 114 Å². The summed E-state index contributed by atoms with van der Waals surface area (Å²) in [5.74, 6) is 0.781. The quantitative estimate of drug-likeness (QED) is 0.400. The van der Waals surface area contributed by atoms with Gasteiger partial charge >= 0.3 is 0 Å². The van der Waals surface area contributed by atoms with E-state index in [9.17, 15) is 5.11 Å². The van der Waals surface area contributed by atoms with Crippen LogP contribution in [0, 0.1) is 0 Å². The summed E-state index contributed by atoms with van der Waals surface area (Å²) in [7, 11) is 1.63. The second-order valence-corrected chi connectivity index (χ2v) is 8.36. The molecule has 1 aliphatic rings. The Bertz CT molecular complexity index is 1020. The largest absolute Gasteiger partial charge is 0.497 e. The maximum absolute atomic E-state index is 10.9. The summed E-state index contributed by atoms with van der Waals surface area (Å²) in [5.41, 5.74) is 2.87. The Hall–Kier alpha value is -3.00. The molecule has 5 atom stereocenters. The number of hydrogen-bond donors (Lipinski definition) is 1. The fourth-order valence-corrected chi connectivity index (χ4v) is 3.99. The highest BCUT2D eigenvalue weighted by molar-refractivity contribution is 5.26. The van der Waals surface area contributed by atoms with E-state index in [1.165, 1.54) is 0 Å². The van der Waals surface area contributed by atoms with Gasteiger partial charge in [-0.2, -0.15) is 0 Å². The first-order valence-corrected chi connectivity index (χ1v) is 11.7. The van der Waals surface area contributed by atoms with E-state index >= 15 is 0 Å². The lowest BCUT2D eigenvalue weighted by Crippen LogP contribution is -2.52. The fraction of sp³-hybridized carbons (Fsp3) is 0.310. The molecular weight excluding hydrogens is 444 g/mol. The topological polar surface area (TPSA) is 66.4 Å². The van der Waals surface area contributed by atoms with Crippen LogP contribution in [0.25, 0.3) is 0 Å². The minimum atomic E-state index is -0.886. The summed E-state index contributed by atoms with van der Waals surface area (Å²) in [4.78, 5) is 0. The lowest BCUT2D eigenvalue weighted by atomic mass is 10.0. The van der Waals surface area contributed by atoms with E-state index in [1.807, 2.05) is 84.9 Å². The molecule has 4 rings (SSSR count). The molecule has 3 aromatic rings. The van der Waals surface area contributed by atoms with Gasteiger partial charge in [0.05, 0.1) is 26.9 Å². The standard InChI is InChI=1S/C29H32O6/c1-3-26(32-18-22-14-16-24(31-2)17-15-22)28(33-19-21-10-6-4-7-11-21)27-25(30)20-34-29(35-27)23-12-8-5-9-13-23/h3-17,25-30H,1,18-20H2,2H3/t25-,26-,27-,28-,29-/m1/s1. The van der Waals surface area contributed by atoms with Crippen molar-refractivity contribution in [2.45, 2.75) is 43.9 Å². The van der Waals surface area contributed by atoms with E-state index in [1.54, 1.807) is 13.2 Å². The summed E-state index contributed by atoms with van der Waals surface area (Å²) in [6, 6.07) is 27.2. The van der Waals surface area contributed by atoms with Crippen LogP contribution in [0.15, 0.2) is 97.6 Å². The van der Waals surface area contributed by atoms with E-state index in [-0.39, 0.29) is 6.61 Å². The smallest absolute Gasteiger partial charge is 0.184 e. The number of benzene rings is 3. The molecular formula is C29H32O6. The number of hydrogen-bond acceptors (Lipinski definition) is 6. The second kappa shape index (κ2) is 12.6. The number of methoxy groups -OCH3 is 1. The summed E-state index contributed by atoms with van der Waals surface area (Å²) >= 11 is 0. The summed E-state index contributed by atoms with van der Waals surface area (Å²) in [6.45, 7) is 4.78. The molecule has 0 bridgehead atoms. The molecule has 0 spiro atoms. The van der Waals surface area contributed by atoms with Gasteiger partial charge in [-0.3, -0.25) is 0 Å². The molecule has 0 unspecified atom stereocenters. The molecule has 35 heavy (non-hydrogen) atoms. The predicted octanol–water partition coefficient (Wildman–Crippen LogP) is 4.83. The van der Waals surface area contributed by atoms with Crippen LogP contribution in [0.3, 0.4) is 0 Å². The van der Waals surface area contributed by atoms with Crippen LogP contribution in [0.5, 0.6) is 5.75 Å². The summed E-state index contributed by atoms with van der Waals surface area (Å²) in [5, 5.41) is 10.9. The van der Waals surface area contributed by atoms with Crippen LogP contribution in [0.4, 0.5) is 0 Å². The van der Waals surface area contributed by atoms with Crippen molar-refractivity contribution in [2.24, 2.45) is 0 Å². The third kappa shape index (κ3) is 6.78. The van der Waals surface area contributed by atoms with Crippen molar-refractivity contribution in [1.29, 1.82) is 0 Å². The summed E-state index contributed by atoms with van der Waals surface area (Å²) < 4.78 is 29.8. The molecule has 0 aromatic heterocycles. The minimum Gasteiger partial charge on any atom is -0.497 e. The van der Waals surface area contributed by atoms with Crippen LogP contribution in [-0.4, -0.2) is 43.2 Å². The van der Waals surface area contributed by atoms with Crippen molar-refractivity contribution in [3.8, 4) is 5.75 Å². The molecule has 0 aliphatic carbocycles. The third-order valence-electron chi connectivity index (χ3n) is 5.92. The number of aliphatic hydroxyl groups is 1. The first-order valence-electron chi connectivity index (χ1n) is 11.7. The normalized spacial score (nSPS) is 21.7. The molecule has 3 aromatic carbocycles. The average Bonchev–Trinajstić information content (AvgIpc) is 2.92. The molecule has 6 nitrogen and oxygen atoms in total. The Labute approximate surface area is 206 Å². The molecule has 0 saturated carbocycles. The first kappa shape index (κ1) is 25.1. The van der Waals surface area contributed by atoms with Gasteiger partial charge in [0.25, 0.3) is 0 Å². The van der Waals surface area contributed by atoms with Crippen LogP contribution >= 0.6 is 0 Å². The van der Waals surface area contributed by atoms with Gasteiger partial charge in [0.15, 0.2) is 6.29 Å². The van der Waals surface area contributed by atoms with E-state index in [0.717, 1.165) is 22.4 Å². The van der Waals surface area contributed by atoms with E-state index in [0.29, 0.717) is 13.2 Å². The van der Waals surface area contributed by atoms with E-state index < -0.39 is 30.7 Å². The van der Waals surface area contributed by atoms with Crippen molar-refractivity contribution >= 4 is 0 Å². The highest BCUT2D eigenvalue weighted by Crippen LogP contribution is 2.31. The van der Waals surface area contributed by atoms with Gasteiger partial charge in [-0.05, 0) is 23.3 Å². The molecule has 0 radical (unpaired) electrons. The van der Waals surface area contributed by atoms with Crippen molar-refractivity contribution in [2.75, 3.05) is 13.7 Å². The first-order chi connectivity index (χ1) is 17.2. The van der Waals surface area contributed by atoms with Crippen molar-refractivity contribution in [1.82, 2.24) is 0 Å². The zero-order valence-corrected chi connectivity index (χ0v) is 19.9. The Morgan fingerprint density at radius 2 is 1.54 bits per heavy atom. The van der Waals surface area contributed by atoms with Crippen molar-refractivity contribution < 1.29 is 28.8 Å². The average molecular weight is 477 g/mol. The molecule has 1 saturated heterocycles. The Balaban J connectivity index is 1.52. The zero-order valence-electron chi connectivity index (χ0n) is 19.9. The predicted molar refractivity (Wildman–Crippen MR) is 133 cm³/mol. The van der Waals surface area contributed by atoms with Gasteiger partial charge in [-0.15, -0.1) is 6.58 Å². The molecule has 1 fully saturated rings. The maximum atomic E-state index is 10.9. The number of aliphatic hydroxyl groups excluding tert-OH is 1. The summed E-state index contributed by atoms with van der Waals surface area (Å²) in [6.07, 6.45) is -1.63. The Kier molecular flexibility index (Phi) is 9.06. The van der Waals surface area contributed by atoms with Gasteiger partial charge in [0.2, 0.25) is 0 Å². The van der Waals surface area contributed by atoms with Crippen molar-refractivity contribution in [3.63, 3.8) is 0 Å². The molecule has 1 N–H and O–H groups in total. The minimum absolute atomic E-state index is 0.123. The fourth-order valence-electron chi connectivity index (χ4n) is 3.99. The van der Waals surface area contributed by atoms with Gasteiger partial charge in [0, 0.05) is 5.56 Å². The highest BCUT2D eigenvalue weighted by atomic mass is 16.7. The van der Waals surface area contributed by atoms with Crippen LogP contribution in [0.1, 0.15) is 23.0 Å². The second-order valence-electron chi connectivity index (χ2n) is 8.36. The van der Waals surface area contributed by atoms with E-state index in [2.05, 4.69) is 6.58 Å². The highest BCUT2D eigenvalue weighted by Gasteiger charge is 2.41. The lowest BCUT2D eigenvalue weighted by molar-refractivity contribution is -0.289. The number of rotatable bonds is 11. The molecule has 1 heterocycles.